The summed E-state index contributed by atoms with van der Waals surface area (Å²) in [5, 5.41) is 26.8. The molecule has 14 heteroatoms. The van der Waals surface area contributed by atoms with Crippen molar-refractivity contribution in [2.75, 3.05) is 0 Å². The van der Waals surface area contributed by atoms with Crippen molar-refractivity contribution >= 4 is 46.5 Å². The van der Waals surface area contributed by atoms with Crippen LogP contribution >= 0.6 is 0 Å². The summed E-state index contributed by atoms with van der Waals surface area (Å²) in [6.45, 7) is 3.45. The van der Waals surface area contributed by atoms with Crippen LogP contribution in [0.1, 0.15) is 45.1 Å². The number of rotatable bonds is 16. The Morgan fingerprint density at radius 2 is 1.60 bits per heavy atom. The van der Waals surface area contributed by atoms with Gasteiger partial charge in [-0.1, -0.05) is 38.5 Å². The maximum absolute atomic E-state index is 13.3. The second-order valence-electron chi connectivity index (χ2n) is 9.61. The van der Waals surface area contributed by atoms with E-state index in [-0.39, 0.29) is 19.3 Å². The fourth-order valence-electron chi connectivity index (χ4n) is 4.05. The molecule has 2 rings (SSSR count). The van der Waals surface area contributed by atoms with Gasteiger partial charge in [-0.3, -0.25) is 24.0 Å². The van der Waals surface area contributed by atoms with E-state index in [0.717, 1.165) is 10.9 Å². The quantitative estimate of drug-likeness (QED) is 0.130. The lowest BCUT2D eigenvalue weighted by Gasteiger charge is -2.28. The third-order valence-corrected chi connectivity index (χ3v) is 6.55. The zero-order chi connectivity index (χ0) is 30.0. The normalized spacial score (nSPS) is 14.8. The van der Waals surface area contributed by atoms with Crippen molar-refractivity contribution in [1.82, 2.24) is 20.9 Å². The Hall–Kier alpha value is -4.46. The molecule has 0 saturated heterocycles. The molecule has 1 aromatic heterocycles. The highest BCUT2D eigenvalue weighted by atomic mass is 16.4. The molecule has 14 nitrogen and oxygen atoms in total. The van der Waals surface area contributed by atoms with Gasteiger partial charge in [0.1, 0.15) is 18.1 Å². The zero-order valence-electron chi connectivity index (χ0n) is 22.3. The van der Waals surface area contributed by atoms with E-state index in [9.17, 15) is 33.9 Å². The Kier molecular flexibility index (Phi) is 11.6. The number of carbonyl (C=O) groups is 6. The molecule has 0 fully saturated rings. The van der Waals surface area contributed by atoms with Crippen LogP contribution in [0.2, 0.25) is 0 Å². The number of aromatic nitrogens is 1. The lowest BCUT2D eigenvalue weighted by molar-refractivity contribution is -0.142. The molecule has 0 aliphatic carbocycles. The summed E-state index contributed by atoms with van der Waals surface area (Å²) in [4.78, 5) is 76.1. The molecule has 1 aromatic carbocycles. The van der Waals surface area contributed by atoms with Crippen molar-refractivity contribution in [3.63, 3.8) is 0 Å². The molecule has 0 aliphatic heterocycles. The predicted molar refractivity (Wildman–Crippen MR) is 144 cm³/mol. The largest absolute Gasteiger partial charge is 0.481 e. The van der Waals surface area contributed by atoms with E-state index < -0.39 is 72.1 Å². The summed E-state index contributed by atoms with van der Waals surface area (Å²) >= 11 is 0. The van der Waals surface area contributed by atoms with Crippen LogP contribution in [0.5, 0.6) is 0 Å². The van der Waals surface area contributed by atoms with Crippen molar-refractivity contribution in [3.05, 3.63) is 36.0 Å². The fraction of sp³-hybridized carbons (Fsp3) is 0.462. The van der Waals surface area contributed by atoms with Crippen molar-refractivity contribution in [2.45, 2.75) is 70.1 Å². The Morgan fingerprint density at radius 3 is 2.20 bits per heavy atom. The van der Waals surface area contributed by atoms with E-state index in [1.54, 1.807) is 20.0 Å². The minimum atomic E-state index is -1.46. The predicted octanol–water partition coefficient (Wildman–Crippen LogP) is -0.637. The number of nitrogens with one attached hydrogen (secondary N) is 4. The van der Waals surface area contributed by atoms with Crippen LogP contribution in [0.15, 0.2) is 30.5 Å². The summed E-state index contributed by atoms with van der Waals surface area (Å²) in [6.07, 6.45) is 0.854. The standard InChI is InChI=1S/C26H36N6O8/c1-3-13(2)22(32-24(37)18(8-9-20(28)33)30-23(36)16(27)11-21(34)35)25(38)31-19(26(39)40)10-14-12-29-17-7-5-4-6-15(14)17/h4-7,12-13,16,18-19,22,29H,3,8-11,27H2,1-2H3,(H2,28,33)(H,30,36)(H,31,38)(H,32,37)(H,34,35)(H,39,40). The van der Waals surface area contributed by atoms with E-state index in [1.807, 2.05) is 24.3 Å². The minimum absolute atomic E-state index is 0.0228. The molecule has 0 spiro atoms. The van der Waals surface area contributed by atoms with E-state index >= 15 is 0 Å². The Balaban J connectivity index is 2.21. The third-order valence-electron chi connectivity index (χ3n) is 6.55. The van der Waals surface area contributed by atoms with E-state index in [2.05, 4.69) is 20.9 Å². The van der Waals surface area contributed by atoms with E-state index in [1.165, 1.54) is 0 Å². The second-order valence-corrected chi connectivity index (χ2v) is 9.61. The topological polar surface area (TPSA) is 247 Å². The monoisotopic (exact) mass is 560 g/mol. The van der Waals surface area contributed by atoms with E-state index in [4.69, 9.17) is 16.6 Å². The molecule has 0 radical (unpaired) electrons. The zero-order valence-corrected chi connectivity index (χ0v) is 22.3. The Morgan fingerprint density at radius 1 is 0.950 bits per heavy atom. The molecule has 0 aliphatic rings. The Labute approximate surface area is 230 Å². The highest BCUT2D eigenvalue weighted by Crippen LogP contribution is 2.19. The third kappa shape index (κ3) is 9.08. The SMILES string of the molecule is CCC(C)C(NC(=O)C(CCC(N)=O)NC(=O)C(N)CC(=O)O)C(=O)NC(Cc1c[nH]c2ccccc12)C(=O)O. The van der Waals surface area contributed by atoms with Gasteiger partial charge in [-0.05, 0) is 24.0 Å². The molecule has 1 heterocycles. The molecule has 0 saturated carbocycles. The molecular weight excluding hydrogens is 524 g/mol. The molecule has 40 heavy (non-hydrogen) atoms. The van der Waals surface area contributed by atoms with Gasteiger partial charge in [0.15, 0.2) is 0 Å². The van der Waals surface area contributed by atoms with Gasteiger partial charge in [-0.15, -0.1) is 0 Å². The molecular formula is C26H36N6O8. The number of nitrogens with two attached hydrogens (primary N) is 2. The Bertz CT molecular complexity index is 1240. The van der Waals surface area contributed by atoms with Crippen LogP contribution in [0.25, 0.3) is 10.9 Å². The van der Waals surface area contributed by atoms with Crippen LogP contribution < -0.4 is 27.4 Å². The minimum Gasteiger partial charge on any atom is -0.481 e. The number of carboxylic acids is 2. The lowest BCUT2D eigenvalue weighted by atomic mass is 9.96. The van der Waals surface area contributed by atoms with Gasteiger partial charge in [-0.25, -0.2) is 4.79 Å². The van der Waals surface area contributed by atoms with Crippen molar-refractivity contribution in [1.29, 1.82) is 0 Å². The molecule has 5 atom stereocenters. The summed E-state index contributed by atoms with van der Waals surface area (Å²) in [7, 11) is 0. The first-order chi connectivity index (χ1) is 18.8. The number of H-pyrrole nitrogens is 1. The number of carbonyl (C=O) groups excluding carboxylic acids is 4. The highest BCUT2D eigenvalue weighted by molar-refractivity contribution is 5.95. The second kappa shape index (κ2) is 14.6. The molecule has 218 valence electrons. The van der Waals surface area contributed by atoms with Crippen LogP contribution in [-0.4, -0.2) is 74.9 Å². The molecule has 2 aromatic rings. The van der Waals surface area contributed by atoms with Crippen LogP contribution in [0.3, 0.4) is 0 Å². The van der Waals surface area contributed by atoms with Gasteiger partial charge in [0.2, 0.25) is 23.6 Å². The first kappa shape index (κ1) is 31.8. The van der Waals surface area contributed by atoms with Crippen LogP contribution in [0, 0.1) is 5.92 Å². The van der Waals surface area contributed by atoms with Gasteiger partial charge in [0.25, 0.3) is 0 Å². The van der Waals surface area contributed by atoms with Crippen molar-refractivity contribution in [2.24, 2.45) is 17.4 Å². The maximum atomic E-state index is 13.3. The summed E-state index contributed by atoms with van der Waals surface area (Å²) in [5.74, 6) is -6.34. The molecule has 0 bridgehead atoms. The average molecular weight is 561 g/mol. The van der Waals surface area contributed by atoms with Crippen LogP contribution in [-0.2, 0) is 35.2 Å². The lowest BCUT2D eigenvalue weighted by Crippen LogP contribution is -2.59. The molecule has 4 amide bonds. The first-order valence-corrected chi connectivity index (χ1v) is 12.8. The number of hydrogen-bond donors (Lipinski definition) is 8. The first-order valence-electron chi connectivity index (χ1n) is 12.8. The number of amides is 4. The number of benzene rings is 1. The van der Waals surface area contributed by atoms with Crippen molar-refractivity contribution in [3.8, 4) is 0 Å². The number of aliphatic carboxylic acids is 2. The summed E-state index contributed by atoms with van der Waals surface area (Å²) in [5.41, 5.74) is 12.2. The van der Waals surface area contributed by atoms with Gasteiger partial charge < -0.3 is 42.6 Å². The molecule has 5 unspecified atom stereocenters. The van der Waals surface area contributed by atoms with Gasteiger partial charge in [-0.2, -0.15) is 0 Å². The maximum Gasteiger partial charge on any atom is 0.326 e. The van der Waals surface area contributed by atoms with Gasteiger partial charge >= 0.3 is 11.9 Å². The molecule has 10 N–H and O–H groups in total. The number of primary amides is 1. The van der Waals surface area contributed by atoms with Crippen molar-refractivity contribution < 1.29 is 39.0 Å². The van der Waals surface area contributed by atoms with Gasteiger partial charge in [0, 0.05) is 29.9 Å². The van der Waals surface area contributed by atoms with E-state index in [0.29, 0.717) is 12.0 Å². The highest BCUT2D eigenvalue weighted by Gasteiger charge is 2.33. The van der Waals surface area contributed by atoms with Crippen LogP contribution in [0.4, 0.5) is 0 Å². The average Bonchev–Trinajstić information content (AvgIpc) is 3.30. The number of fused-ring (bicyclic) bond motifs is 1. The smallest absolute Gasteiger partial charge is 0.326 e. The summed E-state index contributed by atoms with van der Waals surface area (Å²) < 4.78 is 0. The number of carboxylic acid groups (broad SMARTS) is 2. The fourth-order valence-corrected chi connectivity index (χ4v) is 4.05. The number of para-hydroxylation sites is 1. The number of aromatic amines is 1. The number of hydrogen-bond acceptors (Lipinski definition) is 7. The summed E-state index contributed by atoms with van der Waals surface area (Å²) in [6, 6.07) is 1.98. The van der Waals surface area contributed by atoms with Gasteiger partial charge in [0.05, 0.1) is 12.5 Å².